The molecule has 0 unspecified atom stereocenters. The zero-order valence-corrected chi connectivity index (χ0v) is 12.4. The van der Waals surface area contributed by atoms with Gasteiger partial charge in [0.25, 0.3) is 5.91 Å². The average Bonchev–Trinajstić information content (AvgIpc) is 2.78. The summed E-state index contributed by atoms with van der Waals surface area (Å²) in [7, 11) is 0. The average molecular weight is 340 g/mol. The fraction of sp³-hybridized carbons (Fsp3) is 0.231. The van der Waals surface area contributed by atoms with Crippen LogP contribution in [0.5, 0.6) is 0 Å². The Morgan fingerprint density at radius 1 is 1.25 bits per heavy atom. The van der Waals surface area contributed by atoms with Crippen LogP contribution >= 0.6 is 15.9 Å². The van der Waals surface area contributed by atoms with Crippen LogP contribution in [0, 0.1) is 6.92 Å². The SMILES string of the molecule is Cc1cc(Br)cc2cc(C(=O)NCCNC(N)=O)oc12. The van der Waals surface area contributed by atoms with Crippen molar-refractivity contribution >= 4 is 38.8 Å². The molecule has 0 aliphatic rings. The van der Waals surface area contributed by atoms with E-state index >= 15 is 0 Å². The molecule has 2 aromatic rings. The molecular formula is C13H14BrN3O3. The molecule has 0 saturated carbocycles. The fourth-order valence-corrected chi connectivity index (χ4v) is 2.43. The maximum atomic E-state index is 11.9. The lowest BCUT2D eigenvalue weighted by Gasteiger charge is -2.03. The Morgan fingerprint density at radius 2 is 1.95 bits per heavy atom. The molecule has 0 aliphatic carbocycles. The Balaban J connectivity index is 2.07. The van der Waals surface area contributed by atoms with E-state index in [9.17, 15) is 9.59 Å². The summed E-state index contributed by atoms with van der Waals surface area (Å²) in [5.41, 5.74) is 6.55. The molecule has 0 aliphatic heterocycles. The number of rotatable bonds is 4. The number of hydrogen-bond donors (Lipinski definition) is 3. The number of nitrogens with one attached hydrogen (secondary N) is 2. The minimum Gasteiger partial charge on any atom is -0.451 e. The van der Waals surface area contributed by atoms with Crippen molar-refractivity contribution in [3.63, 3.8) is 0 Å². The zero-order valence-electron chi connectivity index (χ0n) is 10.8. The highest BCUT2D eigenvalue weighted by atomic mass is 79.9. The number of furan rings is 1. The van der Waals surface area contributed by atoms with Gasteiger partial charge in [0.15, 0.2) is 5.76 Å². The summed E-state index contributed by atoms with van der Waals surface area (Å²) in [6.07, 6.45) is 0. The molecule has 6 nitrogen and oxygen atoms in total. The van der Waals surface area contributed by atoms with Crippen LogP contribution in [0.2, 0.25) is 0 Å². The third kappa shape index (κ3) is 3.30. The standard InChI is InChI=1S/C13H14BrN3O3/c1-7-4-9(14)5-8-6-10(20-11(7)8)12(18)16-2-3-17-13(15)19/h4-6H,2-3H2,1H3,(H,16,18)(H3,15,17,19). The van der Waals surface area contributed by atoms with E-state index in [2.05, 4.69) is 26.6 Å². The third-order valence-electron chi connectivity index (χ3n) is 2.70. The predicted molar refractivity (Wildman–Crippen MR) is 78.6 cm³/mol. The van der Waals surface area contributed by atoms with E-state index in [1.807, 2.05) is 19.1 Å². The van der Waals surface area contributed by atoms with Crippen LogP contribution in [0.1, 0.15) is 16.1 Å². The number of nitrogens with two attached hydrogens (primary N) is 1. The minimum atomic E-state index is -0.622. The lowest BCUT2D eigenvalue weighted by atomic mass is 10.2. The van der Waals surface area contributed by atoms with Gasteiger partial charge in [-0.05, 0) is 30.7 Å². The molecule has 0 radical (unpaired) electrons. The Kier molecular flexibility index (Phi) is 4.29. The van der Waals surface area contributed by atoms with E-state index in [0.717, 1.165) is 15.4 Å². The first kappa shape index (κ1) is 14.4. The van der Waals surface area contributed by atoms with Gasteiger partial charge >= 0.3 is 6.03 Å². The van der Waals surface area contributed by atoms with Gasteiger partial charge in [0.2, 0.25) is 0 Å². The molecule has 0 bridgehead atoms. The molecule has 1 aromatic heterocycles. The molecule has 2 rings (SSSR count). The molecule has 0 atom stereocenters. The van der Waals surface area contributed by atoms with Crippen molar-refractivity contribution in [1.82, 2.24) is 10.6 Å². The van der Waals surface area contributed by atoms with E-state index in [1.54, 1.807) is 6.07 Å². The number of carbonyl (C=O) groups excluding carboxylic acids is 2. The van der Waals surface area contributed by atoms with Crippen LogP contribution in [-0.4, -0.2) is 25.0 Å². The zero-order chi connectivity index (χ0) is 14.7. The predicted octanol–water partition coefficient (Wildman–Crippen LogP) is 1.90. The van der Waals surface area contributed by atoms with Crippen molar-refractivity contribution in [3.05, 3.63) is 34.0 Å². The van der Waals surface area contributed by atoms with Crippen LogP contribution in [0.4, 0.5) is 4.79 Å². The van der Waals surface area contributed by atoms with Gasteiger partial charge in [-0.3, -0.25) is 4.79 Å². The van der Waals surface area contributed by atoms with Crippen molar-refractivity contribution < 1.29 is 14.0 Å². The van der Waals surface area contributed by atoms with Crippen molar-refractivity contribution in [2.45, 2.75) is 6.92 Å². The smallest absolute Gasteiger partial charge is 0.312 e. The van der Waals surface area contributed by atoms with Crippen molar-refractivity contribution in [2.75, 3.05) is 13.1 Å². The number of hydrogen-bond acceptors (Lipinski definition) is 3. The summed E-state index contributed by atoms with van der Waals surface area (Å²) in [6, 6.07) is 4.87. The van der Waals surface area contributed by atoms with E-state index in [-0.39, 0.29) is 24.8 Å². The summed E-state index contributed by atoms with van der Waals surface area (Å²) in [5.74, 6) is -0.0942. The lowest BCUT2D eigenvalue weighted by Crippen LogP contribution is -2.37. The topological polar surface area (TPSA) is 97.4 Å². The number of fused-ring (bicyclic) bond motifs is 1. The Hall–Kier alpha value is -2.02. The molecule has 0 fully saturated rings. The van der Waals surface area contributed by atoms with E-state index in [4.69, 9.17) is 10.2 Å². The highest BCUT2D eigenvalue weighted by molar-refractivity contribution is 9.10. The molecule has 4 N–H and O–H groups in total. The monoisotopic (exact) mass is 339 g/mol. The first-order valence-corrected chi connectivity index (χ1v) is 6.78. The molecule has 1 aromatic carbocycles. The van der Waals surface area contributed by atoms with Gasteiger partial charge in [0, 0.05) is 22.9 Å². The normalized spacial score (nSPS) is 10.5. The fourth-order valence-electron chi connectivity index (χ4n) is 1.84. The highest BCUT2D eigenvalue weighted by Crippen LogP contribution is 2.26. The second kappa shape index (κ2) is 5.96. The second-order valence-corrected chi connectivity index (χ2v) is 5.21. The Morgan fingerprint density at radius 3 is 2.65 bits per heavy atom. The number of aryl methyl sites for hydroxylation is 1. The first-order valence-electron chi connectivity index (χ1n) is 5.98. The Bertz CT molecular complexity index is 666. The van der Waals surface area contributed by atoms with Gasteiger partial charge in [-0.15, -0.1) is 0 Å². The molecular weight excluding hydrogens is 326 g/mol. The van der Waals surface area contributed by atoms with Gasteiger partial charge in [0.1, 0.15) is 5.58 Å². The summed E-state index contributed by atoms with van der Waals surface area (Å²) >= 11 is 3.40. The number of carbonyl (C=O) groups is 2. The summed E-state index contributed by atoms with van der Waals surface area (Å²) in [5, 5.41) is 5.88. The lowest BCUT2D eigenvalue weighted by molar-refractivity contribution is 0.0928. The molecule has 20 heavy (non-hydrogen) atoms. The van der Waals surface area contributed by atoms with Gasteiger partial charge in [0.05, 0.1) is 0 Å². The van der Waals surface area contributed by atoms with Crippen molar-refractivity contribution in [2.24, 2.45) is 5.73 Å². The van der Waals surface area contributed by atoms with Crippen molar-refractivity contribution in [1.29, 1.82) is 0 Å². The molecule has 3 amide bonds. The quantitative estimate of drug-likeness (QED) is 0.742. The number of amides is 3. The summed E-state index contributed by atoms with van der Waals surface area (Å²) in [6.45, 7) is 2.46. The van der Waals surface area contributed by atoms with Crippen LogP contribution in [-0.2, 0) is 0 Å². The molecule has 1 heterocycles. The first-order chi connectivity index (χ1) is 9.47. The van der Waals surface area contributed by atoms with Crippen molar-refractivity contribution in [3.8, 4) is 0 Å². The number of primary amides is 1. The van der Waals surface area contributed by atoms with Gasteiger partial charge in [-0.2, -0.15) is 0 Å². The largest absolute Gasteiger partial charge is 0.451 e. The minimum absolute atomic E-state index is 0.236. The van der Waals surface area contributed by atoms with Gasteiger partial charge < -0.3 is 20.8 Å². The third-order valence-corrected chi connectivity index (χ3v) is 3.16. The molecule has 0 spiro atoms. The van der Waals surface area contributed by atoms with Crippen LogP contribution in [0.15, 0.2) is 27.1 Å². The number of urea groups is 1. The Labute approximate surface area is 123 Å². The number of halogens is 1. The molecule has 0 saturated heterocycles. The van der Waals surface area contributed by atoms with Crippen LogP contribution < -0.4 is 16.4 Å². The summed E-state index contributed by atoms with van der Waals surface area (Å²) < 4.78 is 6.48. The molecule has 7 heteroatoms. The van der Waals surface area contributed by atoms with E-state index in [0.29, 0.717) is 5.58 Å². The molecule has 106 valence electrons. The highest BCUT2D eigenvalue weighted by Gasteiger charge is 2.13. The van der Waals surface area contributed by atoms with Crippen LogP contribution in [0.3, 0.4) is 0 Å². The number of benzene rings is 1. The van der Waals surface area contributed by atoms with E-state index in [1.165, 1.54) is 0 Å². The second-order valence-electron chi connectivity index (χ2n) is 4.30. The maximum Gasteiger partial charge on any atom is 0.312 e. The van der Waals surface area contributed by atoms with Crippen LogP contribution in [0.25, 0.3) is 11.0 Å². The van der Waals surface area contributed by atoms with E-state index < -0.39 is 6.03 Å². The summed E-state index contributed by atoms with van der Waals surface area (Å²) in [4.78, 5) is 22.4. The van der Waals surface area contributed by atoms with Gasteiger partial charge in [-0.25, -0.2) is 4.79 Å². The maximum absolute atomic E-state index is 11.9. The van der Waals surface area contributed by atoms with Gasteiger partial charge in [-0.1, -0.05) is 15.9 Å².